The van der Waals surface area contributed by atoms with Crippen LogP contribution in [0, 0.1) is 13.8 Å². The molecule has 0 N–H and O–H groups in total. The van der Waals surface area contributed by atoms with Gasteiger partial charge in [-0.15, -0.1) is 0 Å². The van der Waals surface area contributed by atoms with Gasteiger partial charge in [0.1, 0.15) is 5.82 Å². The lowest BCUT2D eigenvalue weighted by Crippen LogP contribution is -1.93. The van der Waals surface area contributed by atoms with E-state index >= 15 is 0 Å². The smallest absolute Gasteiger partial charge is 0.126 e. The molecule has 2 aromatic rings. The molecule has 0 fully saturated rings. The molecule has 0 bridgehead atoms. The first kappa shape index (κ1) is 10.3. The average molecular weight is 263 g/mol. The summed E-state index contributed by atoms with van der Waals surface area (Å²) in [5, 5.41) is 0. The molecule has 3 heteroatoms. The van der Waals surface area contributed by atoms with Gasteiger partial charge in [-0.1, -0.05) is 28.1 Å². The van der Waals surface area contributed by atoms with E-state index < -0.39 is 0 Å². The molecule has 76 valence electrons. The molecule has 15 heavy (non-hydrogen) atoms. The largest absolute Gasteiger partial charge is 0.239 e. The topological polar surface area (TPSA) is 25.8 Å². The summed E-state index contributed by atoms with van der Waals surface area (Å²) < 4.78 is 1.06. The number of aromatic nitrogens is 2. The summed E-state index contributed by atoms with van der Waals surface area (Å²) in [5.41, 5.74) is 3.08. The van der Waals surface area contributed by atoms with E-state index in [4.69, 9.17) is 0 Å². The Morgan fingerprint density at radius 3 is 2.53 bits per heavy atom. The fourth-order valence-corrected chi connectivity index (χ4v) is 1.91. The summed E-state index contributed by atoms with van der Waals surface area (Å²) in [7, 11) is 0. The number of halogens is 1. The fourth-order valence-electron chi connectivity index (χ4n) is 1.51. The van der Waals surface area contributed by atoms with E-state index in [1.807, 2.05) is 38.1 Å². The van der Waals surface area contributed by atoms with Gasteiger partial charge in [0.05, 0.1) is 5.69 Å². The van der Waals surface area contributed by atoms with Crippen molar-refractivity contribution in [2.45, 2.75) is 13.8 Å². The number of hydrogen-bond donors (Lipinski definition) is 0. The minimum atomic E-state index is 0.810. The van der Waals surface area contributed by atoms with Crippen molar-refractivity contribution in [3.63, 3.8) is 0 Å². The summed E-state index contributed by atoms with van der Waals surface area (Å²) in [6.07, 6.45) is 0. The molecule has 0 radical (unpaired) electrons. The third-order valence-electron chi connectivity index (χ3n) is 2.09. The second-order valence-electron chi connectivity index (χ2n) is 3.45. The number of benzene rings is 1. The van der Waals surface area contributed by atoms with Gasteiger partial charge in [-0.2, -0.15) is 0 Å². The van der Waals surface area contributed by atoms with Crippen molar-refractivity contribution in [2.75, 3.05) is 0 Å². The van der Waals surface area contributed by atoms with Crippen molar-refractivity contribution in [3.05, 3.63) is 46.3 Å². The number of aryl methyl sites for hydroxylation is 2. The Labute approximate surface area is 97.5 Å². The van der Waals surface area contributed by atoms with Gasteiger partial charge in [0, 0.05) is 15.7 Å². The quantitative estimate of drug-likeness (QED) is 0.786. The molecule has 0 aliphatic heterocycles. The van der Waals surface area contributed by atoms with Crippen molar-refractivity contribution in [3.8, 4) is 11.3 Å². The zero-order valence-corrected chi connectivity index (χ0v) is 10.2. The molecule has 1 heterocycles. The van der Waals surface area contributed by atoms with Gasteiger partial charge in [-0.3, -0.25) is 0 Å². The van der Waals surface area contributed by atoms with Gasteiger partial charge < -0.3 is 0 Å². The van der Waals surface area contributed by atoms with Crippen molar-refractivity contribution in [2.24, 2.45) is 0 Å². The average Bonchev–Trinajstić information content (AvgIpc) is 2.16. The van der Waals surface area contributed by atoms with Gasteiger partial charge >= 0.3 is 0 Å². The number of hydrogen-bond acceptors (Lipinski definition) is 2. The van der Waals surface area contributed by atoms with Crippen molar-refractivity contribution >= 4 is 15.9 Å². The van der Waals surface area contributed by atoms with Gasteiger partial charge in [0.25, 0.3) is 0 Å². The van der Waals surface area contributed by atoms with E-state index in [-0.39, 0.29) is 0 Å². The second-order valence-corrected chi connectivity index (χ2v) is 4.37. The molecule has 2 nitrogen and oxygen atoms in total. The summed E-state index contributed by atoms with van der Waals surface area (Å²) >= 11 is 3.45. The van der Waals surface area contributed by atoms with Crippen LogP contribution in [0.1, 0.15) is 11.5 Å². The highest BCUT2D eigenvalue weighted by atomic mass is 79.9. The highest BCUT2D eigenvalue weighted by Crippen LogP contribution is 2.21. The van der Waals surface area contributed by atoms with Crippen LogP contribution in [0.25, 0.3) is 11.3 Å². The first-order valence-electron chi connectivity index (χ1n) is 4.73. The molecule has 0 aliphatic rings. The molecule has 0 unspecified atom stereocenters. The molecular weight excluding hydrogens is 252 g/mol. The molecule has 0 atom stereocenters. The third-order valence-corrected chi connectivity index (χ3v) is 2.58. The number of rotatable bonds is 1. The van der Waals surface area contributed by atoms with Crippen LogP contribution in [0.2, 0.25) is 0 Å². The van der Waals surface area contributed by atoms with Crippen LogP contribution in [0.4, 0.5) is 0 Å². The first-order valence-corrected chi connectivity index (χ1v) is 5.53. The predicted molar refractivity (Wildman–Crippen MR) is 64.6 cm³/mol. The summed E-state index contributed by atoms with van der Waals surface area (Å²) in [5.74, 6) is 0.810. The molecule has 0 aliphatic carbocycles. The van der Waals surface area contributed by atoms with E-state index in [0.717, 1.165) is 27.2 Å². The van der Waals surface area contributed by atoms with Crippen LogP contribution in [0.3, 0.4) is 0 Å². The molecule has 0 amide bonds. The Morgan fingerprint density at radius 1 is 1.07 bits per heavy atom. The highest BCUT2D eigenvalue weighted by Gasteiger charge is 2.02. The summed E-state index contributed by atoms with van der Waals surface area (Å²) in [6, 6.07) is 10.1. The summed E-state index contributed by atoms with van der Waals surface area (Å²) in [4.78, 5) is 8.67. The van der Waals surface area contributed by atoms with Crippen LogP contribution in [-0.2, 0) is 0 Å². The molecule has 0 saturated heterocycles. The highest BCUT2D eigenvalue weighted by molar-refractivity contribution is 9.10. The maximum atomic E-state index is 4.41. The normalized spacial score (nSPS) is 10.3. The lowest BCUT2D eigenvalue weighted by atomic mass is 10.1. The lowest BCUT2D eigenvalue weighted by Gasteiger charge is -2.03. The van der Waals surface area contributed by atoms with Crippen molar-refractivity contribution in [1.82, 2.24) is 9.97 Å². The van der Waals surface area contributed by atoms with E-state index in [0.29, 0.717) is 0 Å². The maximum absolute atomic E-state index is 4.41. The van der Waals surface area contributed by atoms with Crippen molar-refractivity contribution in [1.29, 1.82) is 0 Å². The molecule has 2 rings (SSSR count). The Kier molecular flexibility index (Phi) is 2.82. The molecule has 0 spiro atoms. The van der Waals surface area contributed by atoms with Gasteiger partial charge in [-0.05, 0) is 32.0 Å². The van der Waals surface area contributed by atoms with E-state index in [9.17, 15) is 0 Å². The molecule has 1 aromatic heterocycles. The van der Waals surface area contributed by atoms with E-state index in [2.05, 4.69) is 32.0 Å². The van der Waals surface area contributed by atoms with Crippen LogP contribution in [0.15, 0.2) is 34.8 Å². The van der Waals surface area contributed by atoms with Crippen LogP contribution in [-0.4, -0.2) is 9.97 Å². The Bertz CT molecular complexity index is 474. The van der Waals surface area contributed by atoms with Crippen LogP contribution < -0.4 is 0 Å². The Morgan fingerprint density at radius 2 is 1.87 bits per heavy atom. The minimum Gasteiger partial charge on any atom is -0.239 e. The summed E-state index contributed by atoms with van der Waals surface area (Å²) in [6.45, 7) is 3.89. The molecule has 0 saturated carbocycles. The maximum Gasteiger partial charge on any atom is 0.126 e. The minimum absolute atomic E-state index is 0.810. The second kappa shape index (κ2) is 4.11. The molecule has 1 aromatic carbocycles. The number of nitrogens with zero attached hydrogens (tertiary/aromatic N) is 2. The Hall–Kier alpha value is -1.22. The van der Waals surface area contributed by atoms with Gasteiger partial charge in [0.2, 0.25) is 0 Å². The first-order chi connectivity index (χ1) is 7.15. The van der Waals surface area contributed by atoms with Gasteiger partial charge in [0.15, 0.2) is 0 Å². The van der Waals surface area contributed by atoms with Crippen LogP contribution >= 0.6 is 15.9 Å². The monoisotopic (exact) mass is 262 g/mol. The zero-order valence-electron chi connectivity index (χ0n) is 8.66. The van der Waals surface area contributed by atoms with E-state index in [1.165, 1.54) is 0 Å². The van der Waals surface area contributed by atoms with E-state index in [1.54, 1.807) is 0 Å². The van der Waals surface area contributed by atoms with Crippen molar-refractivity contribution < 1.29 is 0 Å². The SMILES string of the molecule is Cc1cc(-c2cccc(Br)c2)nc(C)n1. The Balaban J connectivity index is 2.54. The molecular formula is C12H11BrN2. The predicted octanol–water partition coefficient (Wildman–Crippen LogP) is 3.52. The zero-order chi connectivity index (χ0) is 10.8. The standard InChI is InChI=1S/C12H11BrN2/c1-8-6-12(15-9(2)14-8)10-4-3-5-11(13)7-10/h3-7H,1-2H3. The van der Waals surface area contributed by atoms with Crippen LogP contribution in [0.5, 0.6) is 0 Å². The lowest BCUT2D eigenvalue weighted by molar-refractivity contribution is 1.02. The fraction of sp³-hybridized carbons (Fsp3) is 0.167. The van der Waals surface area contributed by atoms with Gasteiger partial charge in [-0.25, -0.2) is 9.97 Å². The third kappa shape index (κ3) is 2.42.